The van der Waals surface area contributed by atoms with Crippen molar-refractivity contribution in [3.8, 4) is 11.8 Å². The first-order chi connectivity index (χ1) is 20.9. The number of hydrogen-bond donors (Lipinski definition) is 1. The lowest BCUT2D eigenvalue weighted by Gasteiger charge is -2.38. The van der Waals surface area contributed by atoms with Crippen LogP contribution in [0.2, 0.25) is 0 Å². The first-order valence-electron chi connectivity index (χ1n) is 14.1. The Bertz CT molecular complexity index is 1790. The average Bonchev–Trinajstić information content (AvgIpc) is 2.99. The molecule has 12 heteroatoms. The predicted molar refractivity (Wildman–Crippen MR) is 156 cm³/mol. The molecule has 1 saturated heterocycles. The Labute approximate surface area is 251 Å². The fourth-order valence-electron chi connectivity index (χ4n) is 5.70. The fourth-order valence-corrected chi connectivity index (χ4v) is 5.70. The number of carbonyl (C=O) groups excluding carboxylic acids is 1. The summed E-state index contributed by atoms with van der Waals surface area (Å²) < 4.78 is 55.4. The van der Waals surface area contributed by atoms with Gasteiger partial charge in [0.15, 0.2) is 5.65 Å². The van der Waals surface area contributed by atoms with Gasteiger partial charge in [-0.05, 0) is 94.0 Å². The number of nitrogens with one attached hydrogen (secondary N) is 1. The molecule has 1 N–H and O–H groups in total. The van der Waals surface area contributed by atoms with E-state index in [2.05, 4.69) is 21.3 Å². The maximum Gasteiger partial charge on any atom is 0.419 e. The van der Waals surface area contributed by atoms with Crippen LogP contribution < -0.4 is 10.9 Å². The zero-order valence-corrected chi connectivity index (χ0v) is 24.2. The van der Waals surface area contributed by atoms with Gasteiger partial charge < -0.3 is 10.2 Å². The Balaban J connectivity index is 1.61. The number of halogens is 4. The SMILES string of the molecule is CN1CCC(N[C@](C)(CC(=O)Cc2ccc(F)c(C(F)(F)F)c2)c2nc3ncccc3c(=O)n2-c2ccc(C#N)cc2)CC1. The van der Waals surface area contributed by atoms with E-state index in [0.717, 1.165) is 32.0 Å². The summed E-state index contributed by atoms with van der Waals surface area (Å²) >= 11 is 0. The molecule has 1 aliphatic heterocycles. The van der Waals surface area contributed by atoms with Gasteiger partial charge in [-0.3, -0.25) is 14.2 Å². The number of nitriles is 1. The Hall–Kier alpha value is -4.47. The lowest BCUT2D eigenvalue weighted by atomic mass is 9.88. The third kappa shape index (κ3) is 6.54. The molecule has 2 aromatic heterocycles. The molecule has 5 rings (SSSR count). The number of piperidine rings is 1. The summed E-state index contributed by atoms with van der Waals surface area (Å²) in [4.78, 5) is 38.9. The third-order valence-electron chi connectivity index (χ3n) is 7.92. The van der Waals surface area contributed by atoms with Gasteiger partial charge in [0.25, 0.3) is 5.56 Å². The second-order valence-electron chi connectivity index (χ2n) is 11.4. The van der Waals surface area contributed by atoms with Gasteiger partial charge in [-0.25, -0.2) is 14.4 Å². The molecule has 0 radical (unpaired) electrons. The van der Waals surface area contributed by atoms with E-state index in [1.54, 1.807) is 43.3 Å². The van der Waals surface area contributed by atoms with Crippen molar-refractivity contribution in [2.45, 2.75) is 50.4 Å². The number of Topliss-reactive ketones (excluding diaryl/α,β-unsaturated/α-hetero) is 1. The third-order valence-corrected chi connectivity index (χ3v) is 7.92. The van der Waals surface area contributed by atoms with E-state index in [0.29, 0.717) is 23.4 Å². The maximum absolute atomic E-state index is 14.0. The van der Waals surface area contributed by atoms with Crippen LogP contribution >= 0.6 is 0 Å². The van der Waals surface area contributed by atoms with E-state index in [9.17, 15) is 32.4 Å². The van der Waals surface area contributed by atoms with Crippen molar-refractivity contribution in [3.05, 3.63) is 99.5 Å². The van der Waals surface area contributed by atoms with E-state index in [1.807, 2.05) is 7.05 Å². The highest BCUT2D eigenvalue weighted by atomic mass is 19.4. The number of nitrogens with zero attached hydrogens (tertiary/aromatic N) is 5. The highest BCUT2D eigenvalue weighted by molar-refractivity contribution is 5.82. The maximum atomic E-state index is 14.0. The van der Waals surface area contributed by atoms with E-state index < -0.39 is 34.4 Å². The summed E-state index contributed by atoms with van der Waals surface area (Å²) in [7, 11) is 2.01. The normalized spacial score (nSPS) is 16.0. The van der Waals surface area contributed by atoms with Crippen LogP contribution in [0.3, 0.4) is 0 Å². The summed E-state index contributed by atoms with van der Waals surface area (Å²) in [6.07, 6.45) is -2.53. The van der Waals surface area contributed by atoms with Gasteiger partial charge in [-0.15, -0.1) is 0 Å². The van der Waals surface area contributed by atoms with Crippen LogP contribution in [0, 0.1) is 17.1 Å². The summed E-state index contributed by atoms with van der Waals surface area (Å²) in [5, 5.41) is 13.1. The van der Waals surface area contributed by atoms with E-state index >= 15 is 0 Å². The van der Waals surface area contributed by atoms with E-state index in [-0.39, 0.29) is 41.3 Å². The zero-order valence-electron chi connectivity index (χ0n) is 24.2. The van der Waals surface area contributed by atoms with Crippen molar-refractivity contribution in [2.75, 3.05) is 20.1 Å². The Morgan fingerprint density at radius 3 is 2.48 bits per heavy atom. The number of hydrogen-bond acceptors (Lipinski definition) is 7. The second kappa shape index (κ2) is 12.3. The number of rotatable bonds is 8. The lowest BCUT2D eigenvalue weighted by Crippen LogP contribution is -2.53. The smallest absolute Gasteiger partial charge is 0.306 e. The van der Waals surface area contributed by atoms with Gasteiger partial charge in [0, 0.05) is 25.1 Å². The molecular formula is C32H30F4N6O2. The number of fused-ring (bicyclic) bond motifs is 1. The standard InChI is InChI=1S/C32H30F4N6O2/c1-31(40-22-11-14-41(2)15-12-22,18-24(43)16-21-7-10-27(33)26(17-21)32(34,35)36)30-39-28-25(4-3-13-38-28)29(44)42(30)23-8-5-20(19-37)6-9-23/h3-10,13,17,22,40H,11-12,14-16,18H2,1-2H3/t31-/m1/s1. The molecule has 3 heterocycles. The van der Waals surface area contributed by atoms with Crippen LogP contribution in [0.5, 0.6) is 0 Å². The summed E-state index contributed by atoms with van der Waals surface area (Å²) in [6, 6.07) is 14.1. The monoisotopic (exact) mass is 606 g/mol. The van der Waals surface area contributed by atoms with E-state index in [4.69, 9.17) is 4.98 Å². The van der Waals surface area contributed by atoms with Gasteiger partial charge in [-0.2, -0.15) is 18.4 Å². The molecule has 0 aliphatic carbocycles. The minimum Gasteiger partial charge on any atom is -0.306 e. The molecule has 1 aliphatic rings. The van der Waals surface area contributed by atoms with Crippen molar-refractivity contribution in [1.82, 2.24) is 24.8 Å². The number of ketones is 1. The predicted octanol–water partition coefficient (Wildman–Crippen LogP) is 4.91. The molecule has 228 valence electrons. The molecular weight excluding hydrogens is 576 g/mol. The van der Waals surface area contributed by atoms with Gasteiger partial charge in [0.2, 0.25) is 0 Å². The van der Waals surface area contributed by atoms with Gasteiger partial charge in [-0.1, -0.05) is 6.07 Å². The molecule has 0 saturated carbocycles. The van der Waals surface area contributed by atoms with Crippen LogP contribution in [0.15, 0.2) is 65.6 Å². The molecule has 2 aromatic carbocycles. The molecule has 4 aromatic rings. The quantitative estimate of drug-likeness (QED) is 0.284. The van der Waals surface area contributed by atoms with Crippen molar-refractivity contribution >= 4 is 16.8 Å². The highest BCUT2D eigenvalue weighted by Gasteiger charge is 2.38. The molecule has 1 atom stereocenters. The minimum atomic E-state index is -4.91. The molecule has 44 heavy (non-hydrogen) atoms. The first-order valence-corrected chi connectivity index (χ1v) is 14.1. The van der Waals surface area contributed by atoms with Crippen LogP contribution in [0.4, 0.5) is 17.6 Å². The number of carbonyl (C=O) groups is 1. The second-order valence-corrected chi connectivity index (χ2v) is 11.4. The number of pyridine rings is 1. The highest BCUT2D eigenvalue weighted by Crippen LogP contribution is 2.33. The number of likely N-dealkylation sites (tertiary alicyclic amines) is 1. The van der Waals surface area contributed by atoms with Crippen LogP contribution in [-0.2, 0) is 22.9 Å². The molecule has 0 amide bonds. The van der Waals surface area contributed by atoms with Crippen molar-refractivity contribution in [2.24, 2.45) is 0 Å². The van der Waals surface area contributed by atoms with Crippen LogP contribution in [0.25, 0.3) is 16.7 Å². The number of aromatic nitrogens is 3. The van der Waals surface area contributed by atoms with Crippen LogP contribution in [0.1, 0.15) is 48.7 Å². The Morgan fingerprint density at radius 1 is 1.11 bits per heavy atom. The average molecular weight is 607 g/mol. The van der Waals surface area contributed by atoms with Gasteiger partial charge >= 0.3 is 6.18 Å². The molecule has 8 nitrogen and oxygen atoms in total. The van der Waals surface area contributed by atoms with Crippen molar-refractivity contribution in [3.63, 3.8) is 0 Å². The van der Waals surface area contributed by atoms with Crippen molar-refractivity contribution < 1.29 is 22.4 Å². The fraction of sp³-hybridized carbons (Fsp3) is 0.344. The molecule has 0 bridgehead atoms. The van der Waals surface area contributed by atoms with Gasteiger partial charge in [0.1, 0.15) is 17.4 Å². The zero-order chi connectivity index (χ0) is 31.6. The number of alkyl halides is 3. The van der Waals surface area contributed by atoms with Crippen molar-refractivity contribution in [1.29, 1.82) is 5.26 Å². The summed E-state index contributed by atoms with van der Waals surface area (Å²) in [5.74, 6) is -1.66. The molecule has 0 spiro atoms. The Kier molecular flexibility index (Phi) is 8.63. The lowest BCUT2D eigenvalue weighted by molar-refractivity contribution is -0.140. The largest absolute Gasteiger partial charge is 0.419 e. The first kappa shape index (κ1) is 31.0. The molecule has 1 fully saturated rings. The molecule has 0 unspecified atom stereocenters. The minimum absolute atomic E-state index is 0.0167. The summed E-state index contributed by atoms with van der Waals surface area (Å²) in [6.45, 7) is 3.34. The topological polar surface area (TPSA) is 104 Å². The van der Waals surface area contributed by atoms with Gasteiger partial charge in [0.05, 0.1) is 33.8 Å². The summed E-state index contributed by atoms with van der Waals surface area (Å²) in [5.41, 5.74) is -2.15. The number of benzene rings is 2. The van der Waals surface area contributed by atoms with Crippen LogP contribution in [-0.4, -0.2) is 51.4 Å². The Morgan fingerprint density at radius 2 is 1.82 bits per heavy atom. The van der Waals surface area contributed by atoms with E-state index in [1.165, 1.54) is 10.8 Å².